The van der Waals surface area contributed by atoms with Crippen molar-refractivity contribution in [3.8, 4) is 0 Å². The summed E-state index contributed by atoms with van der Waals surface area (Å²) in [5.74, 6) is 0.269. The Kier molecular flexibility index (Phi) is 3.76. The van der Waals surface area contributed by atoms with Crippen LogP contribution in [-0.4, -0.2) is 37.0 Å². The van der Waals surface area contributed by atoms with Gasteiger partial charge in [0, 0.05) is 38.1 Å². The topological polar surface area (TPSA) is 58.4 Å². The van der Waals surface area contributed by atoms with Gasteiger partial charge in [0.15, 0.2) is 0 Å². The molecule has 1 aliphatic carbocycles. The van der Waals surface area contributed by atoms with E-state index in [1.165, 1.54) is 11.1 Å². The summed E-state index contributed by atoms with van der Waals surface area (Å²) in [6.45, 7) is 3.50. The number of carbonyl (C=O) groups excluding carboxylic acids is 1. The Hall–Kier alpha value is -1.39. The van der Waals surface area contributed by atoms with Gasteiger partial charge in [0.1, 0.15) is 0 Å². The minimum atomic E-state index is -0.0848. The number of carbonyl (C=O) groups is 1. The van der Waals surface area contributed by atoms with Crippen molar-refractivity contribution in [2.24, 2.45) is 5.73 Å². The SMILES string of the molecule is NC1(c2cccc(CCC(=O)N3CCNCC3)c2)CC1. The van der Waals surface area contributed by atoms with E-state index in [0.717, 1.165) is 45.4 Å². The van der Waals surface area contributed by atoms with Crippen molar-refractivity contribution in [2.45, 2.75) is 31.2 Å². The zero-order valence-corrected chi connectivity index (χ0v) is 11.9. The van der Waals surface area contributed by atoms with Gasteiger partial charge in [-0.1, -0.05) is 24.3 Å². The highest BCUT2D eigenvalue weighted by atomic mass is 16.2. The van der Waals surface area contributed by atoms with Crippen LogP contribution in [0, 0.1) is 0 Å². The molecule has 1 aromatic carbocycles. The molecule has 108 valence electrons. The van der Waals surface area contributed by atoms with Crippen LogP contribution in [0.5, 0.6) is 0 Å². The third-order valence-corrected chi connectivity index (χ3v) is 4.39. The Morgan fingerprint density at radius 2 is 2.05 bits per heavy atom. The van der Waals surface area contributed by atoms with Gasteiger partial charge in [0.2, 0.25) is 5.91 Å². The Morgan fingerprint density at radius 3 is 2.75 bits per heavy atom. The molecule has 2 aliphatic rings. The third kappa shape index (κ3) is 3.02. The second-order valence-electron chi connectivity index (χ2n) is 5.99. The number of rotatable bonds is 4. The van der Waals surface area contributed by atoms with Crippen molar-refractivity contribution in [3.05, 3.63) is 35.4 Å². The van der Waals surface area contributed by atoms with E-state index < -0.39 is 0 Å². The molecule has 0 unspecified atom stereocenters. The summed E-state index contributed by atoms with van der Waals surface area (Å²) >= 11 is 0. The molecule has 0 atom stereocenters. The molecule has 1 amide bonds. The zero-order chi connectivity index (χ0) is 14.0. The van der Waals surface area contributed by atoms with E-state index in [9.17, 15) is 4.79 Å². The molecule has 1 heterocycles. The highest BCUT2D eigenvalue weighted by Crippen LogP contribution is 2.42. The number of benzene rings is 1. The molecule has 4 nitrogen and oxygen atoms in total. The van der Waals surface area contributed by atoms with Gasteiger partial charge in [0.05, 0.1) is 0 Å². The summed E-state index contributed by atoms with van der Waals surface area (Å²) in [5.41, 5.74) is 8.59. The number of aryl methyl sites for hydroxylation is 1. The van der Waals surface area contributed by atoms with Gasteiger partial charge < -0.3 is 16.0 Å². The number of nitrogens with zero attached hydrogens (tertiary/aromatic N) is 1. The summed E-state index contributed by atoms with van der Waals surface area (Å²) in [6.07, 6.45) is 3.57. The molecule has 0 radical (unpaired) electrons. The lowest BCUT2D eigenvalue weighted by atomic mass is 10.0. The standard InChI is InChI=1S/C16H23N3O/c17-16(6-7-16)14-3-1-2-13(12-14)4-5-15(20)19-10-8-18-9-11-19/h1-3,12,18H,4-11,17H2. The van der Waals surface area contributed by atoms with Gasteiger partial charge in [-0.25, -0.2) is 0 Å². The minimum absolute atomic E-state index is 0.0848. The second-order valence-corrected chi connectivity index (χ2v) is 5.99. The maximum absolute atomic E-state index is 12.1. The smallest absolute Gasteiger partial charge is 0.222 e. The van der Waals surface area contributed by atoms with Crippen LogP contribution in [0.2, 0.25) is 0 Å². The van der Waals surface area contributed by atoms with Crippen LogP contribution in [-0.2, 0) is 16.8 Å². The summed E-state index contributed by atoms with van der Waals surface area (Å²) in [5, 5.41) is 3.27. The van der Waals surface area contributed by atoms with E-state index in [0.29, 0.717) is 6.42 Å². The van der Waals surface area contributed by atoms with E-state index in [2.05, 4.69) is 29.6 Å². The monoisotopic (exact) mass is 273 g/mol. The quantitative estimate of drug-likeness (QED) is 0.860. The average molecular weight is 273 g/mol. The van der Waals surface area contributed by atoms with Gasteiger partial charge in [-0.3, -0.25) is 4.79 Å². The van der Waals surface area contributed by atoms with Crippen LogP contribution in [0.15, 0.2) is 24.3 Å². The van der Waals surface area contributed by atoms with Crippen LogP contribution in [0.1, 0.15) is 30.4 Å². The fourth-order valence-electron chi connectivity index (χ4n) is 2.78. The predicted octanol–water partition coefficient (Wildman–Crippen LogP) is 0.999. The maximum Gasteiger partial charge on any atom is 0.222 e. The maximum atomic E-state index is 12.1. The fraction of sp³-hybridized carbons (Fsp3) is 0.562. The first-order chi connectivity index (χ1) is 9.67. The Morgan fingerprint density at radius 1 is 1.30 bits per heavy atom. The van der Waals surface area contributed by atoms with Crippen LogP contribution in [0.4, 0.5) is 0 Å². The van der Waals surface area contributed by atoms with Crippen molar-refractivity contribution in [1.82, 2.24) is 10.2 Å². The summed E-state index contributed by atoms with van der Waals surface area (Å²) in [4.78, 5) is 14.1. The van der Waals surface area contributed by atoms with Crippen LogP contribution in [0.3, 0.4) is 0 Å². The first-order valence-electron chi connectivity index (χ1n) is 7.54. The molecule has 1 saturated carbocycles. The molecule has 3 rings (SSSR count). The van der Waals surface area contributed by atoms with Crippen LogP contribution < -0.4 is 11.1 Å². The molecular weight excluding hydrogens is 250 g/mol. The van der Waals surface area contributed by atoms with E-state index in [1.807, 2.05) is 4.90 Å². The number of hydrogen-bond acceptors (Lipinski definition) is 3. The number of nitrogens with two attached hydrogens (primary N) is 1. The molecule has 0 aromatic heterocycles. The predicted molar refractivity (Wildman–Crippen MR) is 79.3 cm³/mol. The van der Waals surface area contributed by atoms with Gasteiger partial charge in [-0.2, -0.15) is 0 Å². The number of nitrogens with one attached hydrogen (secondary N) is 1. The normalized spacial score (nSPS) is 20.8. The summed E-state index contributed by atoms with van der Waals surface area (Å²) < 4.78 is 0. The van der Waals surface area contributed by atoms with Crippen molar-refractivity contribution in [1.29, 1.82) is 0 Å². The highest BCUT2D eigenvalue weighted by Gasteiger charge is 2.39. The second kappa shape index (κ2) is 5.54. The number of piperazine rings is 1. The molecule has 1 saturated heterocycles. The van der Waals surface area contributed by atoms with Gasteiger partial charge in [-0.15, -0.1) is 0 Å². The van der Waals surface area contributed by atoms with Crippen molar-refractivity contribution in [2.75, 3.05) is 26.2 Å². The first-order valence-corrected chi connectivity index (χ1v) is 7.54. The molecule has 3 N–H and O–H groups in total. The summed E-state index contributed by atoms with van der Waals surface area (Å²) in [6, 6.07) is 8.44. The highest BCUT2D eigenvalue weighted by molar-refractivity contribution is 5.76. The van der Waals surface area contributed by atoms with Gasteiger partial charge in [-0.05, 0) is 30.4 Å². The van der Waals surface area contributed by atoms with Gasteiger partial charge >= 0.3 is 0 Å². The molecule has 2 fully saturated rings. The molecule has 0 spiro atoms. The van der Waals surface area contributed by atoms with E-state index in [-0.39, 0.29) is 11.4 Å². The molecule has 1 aromatic rings. The lowest BCUT2D eigenvalue weighted by Gasteiger charge is -2.27. The van der Waals surface area contributed by atoms with Crippen molar-refractivity contribution >= 4 is 5.91 Å². The lowest BCUT2D eigenvalue weighted by Crippen LogP contribution is -2.46. The Balaban J connectivity index is 1.56. The van der Waals surface area contributed by atoms with Crippen molar-refractivity contribution < 1.29 is 4.79 Å². The van der Waals surface area contributed by atoms with E-state index in [4.69, 9.17) is 5.73 Å². The lowest BCUT2D eigenvalue weighted by molar-refractivity contribution is -0.131. The van der Waals surface area contributed by atoms with E-state index in [1.54, 1.807) is 0 Å². The summed E-state index contributed by atoms with van der Waals surface area (Å²) in [7, 11) is 0. The largest absolute Gasteiger partial charge is 0.340 e. The molecule has 1 aliphatic heterocycles. The molecular formula is C16H23N3O. The Labute approximate surface area is 120 Å². The van der Waals surface area contributed by atoms with Crippen LogP contribution in [0.25, 0.3) is 0 Å². The van der Waals surface area contributed by atoms with Gasteiger partial charge in [0.25, 0.3) is 0 Å². The minimum Gasteiger partial charge on any atom is -0.340 e. The number of hydrogen-bond donors (Lipinski definition) is 2. The molecule has 4 heteroatoms. The third-order valence-electron chi connectivity index (χ3n) is 4.39. The first kappa shape index (κ1) is 13.6. The Bertz CT molecular complexity index is 490. The van der Waals surface area contributed by atoms with Crippen molar-refractivity contribution in [3.63, 3.8) is 0 Å². The molecule has 20 heavy (non-hydrogen) atoms. The fourth-order valence-corrected chi connectivity index (χ4v) is 2.78. The average Bonchev–Trinajstić information content (AvgIpc) is 3.25. The van der Waals surface area contributed by atoms with E-state index >= 15 is 0 Å². The molecule has 0 bridgehead atoms. The number of amides is 1. The zero-order valence-electron chi connectivity index (χ0n) is 11.9. The van der Waals surface area contributed by atoms with Crippen LogP contribution >= 0.6 is 0 Å².